The molecule has 0 bridgehead atoms. The van der Waals surface area contributed by atoms with Crippen LogP contribution in [0.5, 0.6) is 0 Å². The zero-order valence-corrected chi connectivity index (χ0v) is 18.8. The van der Waals surface area contributed by atoms with Gasteiger partial charge in [-0.15, -0.1) is 0 Å². The third-order valence-electron chi connectivity index (χ3n) is 6.00. The fourth-order valence-corrected chi connectivity index (χ4v) is 5.26. The minimum atomic E-state index is -2.41. The van der Waals surface area contributed by atoms with Gasteiger partial charge in [-0.3, -0.25) is 0 Å². The molecule has 164 valence electrons. The maximum Gasteiger partial charge on any atom is 0.165 e. The molecular weight excluding hydrogens is 429 g/mol. The molecule has 0 saturated carbocycles. The van der Waals surface area contributed by atoms with E-state index >= 15 is 0 Å². The van der Waals surface area contributed by atoms with Crippen LogP contribution < -0.4 is 10.2 Å². The van der Waals surface area contributed by atoms with Gasteiger partial charge in [0, 0.05) is 29.2 Å². The van der Waals surface area contributed by atoms with Gasteiger partial charge in [-0.1, -0.05) is 18.2 Å². The molecule has 0 aliphatic carbocycles. The average Bonchev–Trinajstić information content (AvgIpc) is 3.41. The zero-order valence-electron chi connectivity index (χ0n) is 17.9. The van der Waals surface area contributed by atoms with E-state index < -0.39 is 18.8 Å². The number of aromatic nitrogens is 3. The quantitative estimate of drug-likeness (QED) is 0.396. The highest BCUT2D eigenvalue weighted by atomic mass is 31.2. The maximum absolute atomic E-state index is 14.5. The molecule has 1 unspecified atom stereocenters. The van der Waals surface area contributed by atoms with Gasteiger partial charge in [0.2, 0.25) is 0 Å². The van der Waals surface area contributed by atoms with Crippen molar-refractivity contribution in [2.75, 3.05) is 24.8 Å². The molecule has 1 aliphatic rings. The Labute approximate surface area is 185 Å². The van der Waals surface area contributed by atoms with Crippen LogP contribution in [-0.2, 0) is 4.57 Å². The number of hydrogen-bond acceptors (Lipinski definition) is 4. The first-order chi connectivity index (χ1) is 15.3. The molecule has 0 N–H and O–H groups in total. The first kappa shape index (κ1) is 20.8. The predicted molar refractivity (Wildman–Crippen MR) is 123 cm³/mol. The summed E-state index contributed by atoms with van der Waals surface area (Å²) in [5.41, 5.74) is 2.73. The third-order valence-corrected chi connectivity index (χ3v) is 7.52. The van der Waals surface area contributed by atoms with Crippen molar-refractivity contribution in [3.63, 3.8) is 0 Å². The van der Waals surface area contributed by atoms with E-state index in [1.54, 1.807) is 24.0 Å². The summed E-state index contributed by atoms with van der Waals surface area (Å²) in [4.78, 5) is 6.88. The molecular formula is C24H23F2N4OP. The second kappa shape index (κ2) is 7.82. The van der Waals surface area contributed by atoms with E-state index in [1.807, 2.05) is 41.4 Å². The van der Waals surface area contributed by atoms with Gasteiger partial charge in [0.25, 0.3) is 0 Å². The van der Waals surface area contributed by atoms with Crippen LogP contribution in [0.1, 0.15) is 24.4 Å². The summed E-state index contributed by atoms with van der Waals surface area (Å²) >= 11 is 0. The lowest BCUT2D eigenvalue weighted by Gasteiger charge is -2.26. The summed E-state index contributed by atoms with van der Waals surface area (Å²) in [5.74, 6) is -0.160. The molecule has 1 saturated heterocycles. The lowest BCUT2D eigenvalue weighted by atomic mass is 10.0. The van der Waals surface area contributed by atoms with Crippen molar-refractivity contribution in [3.8, 4) is 11.1 Å². The zero-order chi connectivity index (χ0) is 22.5. The molecule has 8 heteroatoms. The van der Waals surface area contributed by atoms with Crippen LogP contribution in [0.2, 0.25) is 0 Å². The molecule has 2 aromatic heterocycles. The summed E-state index contributed by atoms with van der Waals surface area (Å²) in [6, 6.07) is 12.8. The Morgan fingerprint density at radius 3 is 2.75 bits per heavy atom. The maximum atomic E-state index is 14.5. The third kappa shape index (κ3) is 3.71. The molecule has 5 rings (SSSR count). The minimum Gasteiger partial charge on any atom is -0.349 e. The van der Waals surface area contributed by atoms with Crippen LogP contribution in [0.4, 0.5) is 14.6 Å². The minimum absolute atomic E-state index is 0.276. The van der Waals surface area contributed by atoms with E-state index in [1.165, 1.54) is 12.1 Å². The highest BCUT2D eigenvalue weighted by molar-refractivity contribution is 7.70. The number of benzene rings is 2. The molecule has 0 amide bonds. The number of hydrogen-bond donors (Lipinski definition) is 0. The number of nitrogens with zero attached hydrogens (tertiary/aromatic N) is 4. The SMILES string of the molecule is CP(C)(=O)c1cccc(-c2cnn3ccc(N4CCCC4c4cc(F)ccc4F)nc23)c1. The lowest BCUT2D eigenvalue weighted by molar-refractivity contribution is 0.560. The Bertz CT molecular complexity index is 1360. The van der Waals surface area contributed by atoms with Gasteiger partial charge in [-0.2, -0.15) is 5.10 Å². The average molecular weight is 452 g/mol. The van der Waals surface area contributed by atoms with E-state index in [0.717, 1.165) is 35.3 Å². The fourth-order valence-electron chi connectivity index (χ4n) is 4.37. The van der Waals surface area contributed by atoms with Gasteiger partial charge in [0.05, 0.1) is 12.2 Å². The summed E-state index contributed by atoms with van der Waals surface area (Å²) < 4.78 is 42.5. The van der Waals surface area contributed by atoms with Crippen LogP contribution in [0.15, 0.2) is 60.9 Å². The molecule has 2 aromatic carbocycles. The highest BCUT2D eigenvalue weighted by Crippen LogP contribution is 2.38. The number of halogens is 2. The highest BCUT2D eigenvalue weighted by Gasteiger charge is 2.30. The van der Waals surface area contributed by atoms with Crippen LogP contribution >= 0.6 is 7.14 Å². The van der Waals surface area contributed by atoms with Crippen molar-refractivity contribution < 1.29 is 13.3 Å². The molecule has 5 nitrogen and oxygen atoms in total. The first-order valence-corrected chi connectivity index (χ1v) is 13.1. The second-order valence-electron chi connectivity index (χ2n) is 8.53. The first-order valence-electron chi connectivity index (χ1n) is 10.5. The van der Waals surface area contributed by atoms with E-state index in [4.69, 9.17) is 4.98 Å². The number of fused-ring (bicyclic) bond motifs is 1. The Hall–Kier alpha value is -3.05. The van der Waals surface area contributed by atoms with Crippen molar-refractivity contribution in [1.29, 1.82) is 0 Å². The molecule has 3 heterocycles. The van der Waals surface area contributed by atoms with Gasteiger partial charge in [-0.25, -0.2) is 18.3 Å². The van der Waals surface area contributed by atoms with Crippen LogP contribution in [0, 0.1) is 11.6 Å². The van der Waals surface area contributed by atoms with Crippen molar-refractivity contribution >= 4 is 23.9 Å². The summed E-state index contributed by atoms with van der Waals surface area (Å²) in [7, 11) is -2.41. The van der Waals surface area contributed by atoms with Crippen molar-refractivity contribution in [2.24, 2.45) is 0 Å². The van der Waals surface area contributed by atoms with E-state index in [0.29, 0.717) is 23.6 Å². The van der Waals surface area contributed by atoms with Gasteiger partial charge in [0.15, 0.2) is 5.65 Å². The lowest BCUT2D eigenvalue weighted by Crippen LogP contribution is -2.24. The van der Waals surface area contributed by atoms with Crippen molar-refractivity contribution in [2.45, 2.75) is 18.9 Å². The molecule has 0 radical (unpaired) electrons. The largest absolute Gasteiger partial charge is 0.349 e. The van der Waals surface area contributed by atoms with Crippen molar-refractivity contribution in [3.05, 3.63) is 78.1 Å². The van der Waals surface area contributed by atoms with E-state index in [2.05, 4.69) is 5.10 Å². The molecule has 32 heavy (non-hydrogen) atoms. The monoisotopic (exact) mass is 452 g/mol. The summed E-state index contributed by atoms with van der Waals surface area (Å²) in [6.45, 7) is 4.20. The van der Waals surface area contributed by atoms with Gasteiger partial charge in [-0.05, 0) is 62.1 Å². The van der Waals surface area contributed by atoms with E-state index in [9.17, 15) is 13.3 Å². The standard InChI is InChI=1S/C24H23F2N4OP/c1-32(2,31)18-6-3-5-16(13-18)20-15-27-30-12-10-23(28-24(20)30)29-11-4-7-22(29)19-14-17(25)8-9-21(19)26/h3,5-6,8-10,12-15,22H,4,7,11H2,1-2H3. The predicted octanol–water partition coefficient (Wildman–Crippen LogP) is 5.26. The summed E-state index contributed by atoms with van der Waals surface area (Å²) in [6.07, 6.45) is 5.16. The van der Waals surface area contributed by atoms with Gasteiger partial charge < -0.3 is 9.46 Å². The number of anilines is 1. The van der Waals surface area contributed by atoms with Crippen LogP contribution in [-0.4, -0.2) is 34.5 Å². The van der Waals surface area contributed by atoms with E-state index in [-0.39, 0.29) is 6.04 Å². The fraction of sp³-hybridized carbons (Fsp3) is 0.250. The smallest absolute Gasteiger partial charge is 0.165 e. The van der Waals surface area contributed by atoms with Crippen LogP contribution in [0.25, 0.3) is 16.8 Å². The number of rotatable bonds is 4. The molecule has 1 atom stereocenters. The molecule has 0 spiro atoms. The topological polar surface area (TPSA) is 50.5 Å². The molecule has 1 fully saturated rings. The second-order valence-corrected chi connectivity index (χ2v) is 11.7. The Kier molecular flexibility index (Phi) is 5.09. The van der Waals surface area contributed by atoms with Gasteiger partial charge >= 0.3 is 0 Å². The normalized spacial score (nSPS) is 16.8. The Balaban J connectivity index is 1.57. The molecule has 1 aliphatic heterocycles. The Morgan fingerprint density at radius 2 is 1.94 bits per heavy atom. The van der Waals surface area contributed by atoms with Gasteiger partial charge in [0.1, 0.15) is 24.6 Å². The van der Waals surface area contributed by atoms with Crippen molar-refractivity contribution in [1.82, 2.24) is 14.6 Å². The molecule has 4 aromatic rings. The summed E-state index contributed by atoms with van der Waals surface area (Å²) in [5, 5.41) is 5.21. The Morgan fingerprint density at radius 1 is 1.09 bits per heavy atom. The van der Waals surface area contributed by atoms with Crippen LogP contribution in [0.3, 0.4) is 0 Å².